The predicted octanol–water partition coefficient (Wildman–Crippen LogP) is 5.11. The van der Waals surface area contributed by atoms with E-state index in [4.69, 9.17) is 13.3 Å². The van der Waals surface area contributed by atoms with E-state index in [9.17, 15) is 8.78 Å². The first-order chi connectivity index (χ1) is 11.1. The largest absolute Gasteiger partial charge is 0.501 e. The molecule has 0 radical (unpaired) electrons. The Balaban J connectivity index is 2.79. The molecule has 0 amide bonds. The fourth-order valence-electron chi connectivity index (χ4n) is 2.54. The summed E-state index contributed by atoms with van der Waals surface area (Å²) in [4.78, 5) is 0. The lowest BCUT2D eigenvalue weighted by molar-refractivity contribution is 0.00292. The number of hydrogen-bond acceptors (Lipinski definition) is 3. The molecule has 1 rings (SSSR count). The maximum Gasteiger partial charge on any atom is 0.501 e. The van der Waals surface area contributed by atoms with Gasteiger partial charge in [0.15, 0.2) is 11.6 Å². The molecule has 0 atom stereocenters. The zero-order valence-electron chi connectivity index (χ0n) is 15.6. The second-order valence-corrected chi connectivity index (χ2v) is 9.36. The van der Waals surface area contributed by atoms with Crippen molar-refractivity contribution in [1.82, 2.24) is 0 Å². The van der Waals surface area contributed by atoms with Gasteiger partial charge in [0.25, 0.3) is 0 Å². The molecular weight excluding hydrogens is 330 g/mol. The number of benzene rings is 1. The molecule has 0 saturated carbocycles. The highest BCUT2D eigenvalue weighted by molar-refractivity contribution is 6.60. The molecule has 1 aromatic carbocycles. The van der Waals surface area contributed by atoms with E-state index in [2.05, 4.69) is 0 Å². The Kier molecular flexibility index (Phi) is 8.49. The zero-order valence-corrected chi connectivity index (χ0v) is 16.6. The third-order valence-electron chi connectivity index (χ3n) is 3.18. The lowest BCUT2D eigenvalue weighted by Crippen LogP contribution is -2.50. The molecule has 0 aliphatic rings. The molecule has 0 aliphatic carbocycles. The molecule has 0 unspecified atom stereocenters. The van der Waals surface area contributed by atoms with Crippen LogP contribution < -0.4 is 0 Å². The Hall–Kier alpha value is -0.823. The standard InChI is InChI=1S/C18H30F2O3Si/c1-13(2)21-24(22-14(3)4,23-15(5)6)11-7-8-16-9-10-17(19)18(20)12-16/h9-10,12-15H,7-8,11H2,1-6H3. The number of aryl methyl sites for hydroxylation is 1. The van der Waals surface area contributed by atoms with Gasteiger partial charge < -0.3 is 13.3 Å². The molecule has 0 spiro atoms. The molecule has 138 valence electrons. The fraction of sp³-hybridized carbons (Fsp3) is 0.667. The Bertz CT molecular complexity index is 481. The van der Waals surface area contributed by atoms with Crippen molar-refractivity contribution in [2.75, 3.05) is 0 Å². The van der Waals surface area contributed by atoms with Gasteiger partial charge in [-0.25, -0.2) is 8.78 Å². The second kappa shape index (κ2) is 9.61. The van der Waals surface area contributed by atoms with Gasteiger partial charge >= 0.3 is 8.80 Å². The number of hydrogen-bond donors (Lipinski definition) is 0. The van der Waals surface area contributed by atoms with Crippen molar-refractivity contribution in [3.8, 4) is 0 Å². The minimum Gasteiger partial charge on any atom is -0.371 e. The van der Waals surface area contributed by atoms with Crippen LogP contribution in [0.1, 0.15) is 53.5 Å². The first-order valence-electron chi connectivity index (χ1n) is 8.61. The summed E-state index contributed by atoms with van der Waals surface area (Å²) in [7, 11) is -2.83. The van der Waals surface area contributed by atoms with Crippen LogP contribution >= 0.6 is 0 Å². The van der Waals surface area contributed by atoms with E-state index >= 15 is 0 Å². The van der Waals surface area contributed by atoms with E-state index < -0.39 is 20.4 Å². The van der Waals surface area contributed by atoms with Crippen LogP contribution in [0, 0.1) is 11.6 Å². The topological polar surface area (TPSA) is 27.7 Å². The van der Waals surface area contributed by atoms with Gasteiger partial charge in [0.2, 0.25) is 0 Å². The molecule has 1 aromatic rings. The zero-order chi connectivity index (χ0) is 18.3. The van der Waals surface area contributed by atoms with Crippen molar-refractivity contribution in [2.24, 2.45) is 0 Å². The minimum atomic E-state index is -2.83. The predicted molar refractivity (Wildman–Crippen MR) is 93.9 cm³/mol. The molecule has 6 heteroatoms. The van der Waals surface area contributed by atoms with E-state index in [0.717, 1.165) is 18.1 Å². The van der Waals surface area contributed by atoms with Crippen molar-refractivity contribution < 1.29 is 22.1 Å². The summed E-state index contributed by atoms with van der Waals surface area (Å²) < 4.78 is 44.6. The van der Waals surface area contributed by atoms with Crippen LogP contribution in [0.15, 0.2) is 18.2 Å². The van der Waals surface area contributed by atoms with Gasteiger partial charge in [-0.1, -0.05) is 6.07 Å². The lowest BCUT2D eigenvalue weighted by Gasteiger charge is -2.34. The van der Waals surface area contributed by atoms with E-state index in [1.165, 1.54) is 6.07 Å². The number of rotatable bonds is 10. The maximum absolute atomic E-state index is 13.3. The van der Waals surface area contributed by atoms with Gasteiger partial charge in [-0.15, -0.1) is 0 Å². The van der Waals surface area contributed by atoms with Crippen molar-refractivity contribution in [2.45, 2.75) is 78.7 Å². The summed E-state index contributed by atoms with van der Waals surface area (Å²) in [6, 6.07) is 4.65. The Morgan fingerprint density at radius 1 is 0.833 bits per heavy atom. The van der Waals surface area contributed by atoms with Gasteiger partial charge in [-0.05, 0) is 72.1 Å². The van der Waals surface area contributed by atoms with Gasteiger partial charge in [0.05, 0.1) is 0 Å². The molecule has 0 N–H and O–H groups in total. The van der Waals surface area contributed by atoms with Crippen LogP contribution in [0.25, 0.3) is 0 Å². The maximum atomic E-state index is 13.3. The molecule has 0 saturated heterocycles. The highest BCUT2D eigenvalue weighted by Gasteiger charge is 2.43. The van der Waals surface area contributed by atoms with E-state index in [1.807, 2.05) is 41.5 Å². The summed E-state index contributed by atoms with van der Waals surface area (Å²) >= 11 is 0. The molecule has 0 heterocycles. The van der Waals surface area contributed by atoms with Crippen LogP contribution in [-0.4, -0.2) is 27.1 Å². The Labute approximate surface area is 145 Å². The van der Waals surface area contributed by atoms with E-state index in [0.29, 0.717) is 12.5 Å². The van der Waals surface area contributed by atoms with Crippen molar-refractivity contribution in [1.29, 1.82) is 0 Å². The van der Waals surface area contributed by atoms with Crippen LogP contribution in [0.4, 0.5) is 8.78 Å². The summed E-state index contributed by atoms with van der Waals surface area (Å²) in [6.07, 6.45) is 1.34. The monoisotopic (exact) mass is 360 g/mol. The molecule has 0 aliphatic heterocycles. The van der Waals surface area contributed by atoms with Gasteiger partial charge in [-0.2, -0.15) is 0 Å². The lowest BCUT2D eigenvalue weighted by atomic mass is 10.1. The third kappa shape index (κ3) is 7.38. The van der Waals surface area contributed by atoms with Crippen LogP contribution in [0.2, 0.25) is 6.04 Å². The van der Waals surface area contributed by atoms with E-state index in [-0.39, 0.29) is 18.3 Å². The smallest absolute Gasteiger partial charge is 0.371 e. The SMILES string of the molecule is CC(C)O[Si](CCCc1ccc(F)c(F)c1)(OC(C)C)OC(C)C. The van der Waals surface area contributed by atoms with Crippen LogP contribution in [0.5, 0.6) is 0 Å². The second-order valence-electron chi connectivity index (χ2n) is 6.78. The first kappa shape index (κ1) is 21.2. The fourth-order valence-corrected chi connectivity index (χ4v) is 5.83. The van der Waals surface area contributed by atoms with E-state index in [1.54, 1.807) is 6.07 Å². The minimum absolute atomic E-state index is 0.00238. The number of halogens is 2. The van der Waals surface area contributed by atoms with Crippen LogP contribution in [0.3, 0.4) is 0 Å². The van der Waals surface area contributed by atoms with Gasteiger partial charge in [-0.3, -0.25) is 0 Å². The Morgan fingerprint density at radius 2 is 1.33 bits per heavy atom. The molecular formula is C18H30F2O3Si. The average molecular weight is 361 g/mol. The molecule has 24 heavy (non-hydrogen) atoms. The summed E-state index contributed by atoms with van der Waals surface area (Å²) in [5.41, 5.74) is 0.760. The summed E-state index contributed by atoms with van der Waals surface area (Å²) in [6.45, 7) is 11.8. The van der Waals surface area contributed by atoms with Gasteiger partial charge in [0.1, 0.15) is 0 Å². The van der Waals surface area contributed by atoms with Crippen molar-refractivity contribution in [3.63, 3.8) is 0 Å². The van der Waals surface area contributed by atoms with Gasteiger partial charge in [0, 0.05) is 24.4 Å². The molecule has 3 nitrogen and oxygen atoms in total. The van der Waals surface area contributed by atoms with Crippen molar-refractivity contribution >= 4 is 8.80 Å². The highest BCUT2D eigenvalue weighted by Crippen LogP contribution is 2.25. The highest BCUT2D eigenvalue weighted by atomic mass is 28.4. The average Bonchev–Trinajstić information content (AvgIpc) is 2.40. The summed E-state index contributed by atoms with van der Waals surface area (Å²) in [5, 5.41) is 0. The normalized spacial score (nSPS) is 12.6. The first-order valence-corrected chi connectivity index (χ1v) is 10.5. The third-order valence-corrected chi connectivity index (χ3v) is 6.64. The Morgan fingerprint density at radius 3 is 1.75 bits per heavy atom. The molecule has 0 aromatic heterocycles. The van der Waals surface area contributed by atoms with Crippen molar-refractivity contribution in [3.05, 3.63) is 35.4 Å². The van der Waals surface area contributed by atoms with Crippen LogP contribution in [-0.2, 0) is 19.7 Å². The molecule has 0 fully saturated rings. The quantitative estimate of drug-likeness (QED) is 0.543. The summed E-state index contributed by atoms with van der Waals surface area (Å²) in [5.74, 6) is -1.64. The molecule has 0 bridgehead atoms.